The van der Waals surface area contributed by atoms with Crippen LogP contribution in [0.1, 0.15) is 34.5 Å². The number of rotatable bonds is 4. The number of hydrogen-bond acceptors (Lipinski definition) is 8. The van der Waals surface area contributed by atoms with Crippen molar-refractivity contribution in [1.82, 2.24) is 24.8 Å². The van der Waals surface area contributed by atoms with Gasteiger partial charge < -0.3 is 15.1 Å². The van der Waals surface area contributed by atoms with Crippen LogP contribution >= 0.6 is 11.3 Å². The van der Waals surface area contributed by atoms with Crippen LogP contribution < -0.4 is 5.32 Å². The van der Waals surface area contributed by atoms with E-state index in [0.29, 0.717) is 18.5 Å². The minimum Gasteiger partial charge on any atom is -0.341 e. The van der Waals surface area contributed by atoms with E-state index < -0.39 is 0 Å². The molecule has 6 rings (SSSR count). The molecule has 9 heteroatoms. The van der Waals surface area contributed by atoms with Gasteiger partial charge >= 0.3 is 0 Å². The molecule has 2 aliphatic heterocycles. The molecule has 3 aromatic heterocycles. The molecule has 1 saturated heterocycles. The molecule has 2 atom stereocenters. The Bertz CT molecular complexity index is 1270. The number of aryl methyl sites for hydroxylation is 1. The van der Waals surface area contributed by atoms with E-state index in [4.69, 9.17) is 0 Å². The highest BCUT2D eigenvalue weighted by atomic mass is 32.1. The Kier molecular flexibility index (Phi) is 5.10. The fourth-order valence-electron chi connectivity index (χ4n) is 5.23. The molecule has 170 valence electrons. The van der Waals surface area contributed by atoms with Gasteiger partial charge in [0.2, 0.25) is 5.91 Å². The Morgan fingerprint density at radius 2 is 2.15 bits per heavy atom. The number of aliphatic imine (C=N–C) groups is 1. The van der Waals surface area contributed by atoms with Gasteiger partial charge in [0.05, 0.1) is 29.5 Å². The Hall–Kier alpha value is -2.91. The van der Waals surface area contributed by atoms with Gasteiger partial charge in [0.15, 0.2) is 0 Å². The van der Waals surface area contributed by atoms with E-state index in [0.717, 1.165) is 71.8 Å². The zero-order chi connectivity index (χ0) is 22.5. The molecule has 0 aromatic carbocycles. The number of likely N-dealkylation sites (tertiary alicyclic amines) is 1. The highest BCUT2D eigenvalue weighted by Crippen LogP contribution is 2.41. The maximum atomic E-state index is 13.2. The number of aromatic nitrogens is 3. The molecular formula is C24H27N7OS. The van der Waals surface area contributed by atoms with Crippen molar-refractivity contribution in [3.63, 3.8) is 0 Å². The van der Waals surface area contributed by atoms with Crippen LogP contribution in [0.15, 0.2) is 23.6 Å². The summed E-state index contributed by atoms with van der Waals surface area (Å²) < 4.78 is 0. The van der Waals surface area contributed by atoms with E-state index in [1.54, 1.807) is 17.7 Å². The van der Waals surface area contributed by atoms with Gasteiger partial charge in [-0.3, -0.25) is 14.8 Å². The van der Waals surface area contributed by atoms with Gasteiger partial charge in [0, 0.05) is 41.7 Å². The van der Waals surface area contributed by atoms with E-state index in [2.05, 4.69) is 55.2 Å². The van der Waals surface area contributed by atoms with Crippen LogP contribution in [0.4, 0.5) is 11.5 Å². The van der Waals surface area contributed by atoms with Crippen molar-refractivity contribution in [3.8, 4) is 0 Å². The second-order valence-corrected chi connectivity index (χ2v) is 10.5. The molecule has 1 fully saturated rings. The minimum atomic E-state index is 0.0658. The van der Waals surface area contributed by atoms with E-state index in [1.807, 2.05) is 12.4 Å². The van der Waals surface area contributed by atoms with Gasteiger partial charge in [-0.05, 0) is 51.4 Å². The molecule has 0 spiro atoms. The zero-order valence-electron chi connectivity index (χ0n) is 18.9. The Morgan fingerprint density at radius 1 is 1.24 bits per heavy atom. The maximum Gasteiger partial charge on any atom is 0.226 e. The van der Waals surface area contributed by atoms with Crippen LogP contribution in [0.25, 0.3) is 10.2 Å². The first-order valence-electron chi connectivity index (χ1n) is 11.5. The first-order chi connectivity index (χ1) is 16.1. The minimum absolute atomic E-state index is 0.0658. The Morgan fingerprint density at radius 3 is 3.00 bits per heavy atom. The molecule has 3 aromatic rings. The van der Waals surface area contributed by atoms with Crippen molar-refractivity contribution in [3.05, 3.63) is 40.3 Å². The average Bonchev–Trinajstić information content (AvgIpc) is 3.55. The third kappa shape index (κ3) is 3.69. The fourth-order valence-corrected chi connectivity index (χ4v) is 6.49. The smallest absolute Gasteiger partial charge is 0.226 e. The molecule has 0 unspecified atom stereocenters. The number of thiophene rings is 1. The second kappa shape index (κ2) is 8.14. The Labute approximate surface area is 196 Å². The third-order valence-electron chi connectivity index (χ3n) is 7.14. The fraction of sp³-hybridized carbons (Fsp3) is 0.458. The summed E-state index contributed by atoms with van der Waals surface area (Å²) in [7, 11) is 4.20. The van der Waals surface area contributed by atoms with E-state index >= 15 is 0 Å². The summed E-state index contributed by atoms with van der Waals surface area (Å²) in [5.74, 6) is 1.20. The summed E-state index contributed by atoms with van der Waals surface area (Å²) in [6.07, 6.45) is 8.95. The zero-order valence-corrected chi connectivity index (χ0v) is 19.7. The normalized spacial score (nSPS) is 21.6. The summed E-state index contributed by atoms with van der Waals surface area (Å²) in [5, 5.41) is 4.55. The molecular weight excluding hydrogens is 434 g/mol. The number of anilines is 2. The lowest BCUT2D eigenvalue weighted by atomic mass is 9.87. The van der Waals surface area contributed by atoms with Gasteiger partial charge in [0.25, 0.3) is 0 Å². The monoisotopic (exact) mass is 461 g/mol. The number of pyridine rings is 1. The van der Waals surface area contributed by atoms with Crippen molar-refractivity contribution in [2.24, 2.45) is 10.9 Å². The molecule has 0 bridgehead atoms. The summed E-state index contributed by atoms with van der Waals surface area (Å²) in [6, 6.07) is 2.54. The number of nitrogens with zero attached hydrogens (tertiary/aromatic N) is 6. The summed E-state index contributed by atoms with van der Waals surface area (Å²) >= 11 is 1.71. The van der Waals surface area contributed by atoms with Crippen LogP contribution in [-0.4, -0.2) is 70.1 Å². The van der Waals surface area contributed by atoms with Gasteiger partial charge in [0.1, 0.15) is 17.0 Å². The van der Waals surface area contributed by atoms with E-state index in [-0.39, 0.29) is 5.92 Å². The number of carbonyl (C=O) groups excluding carboxylic acids is 1. The van der Waals surface area contributed by atoms with Crippen molar-refractivity contribution in [2.45, 2.75) is 38.3 Å². The largest absolute Gasteiger partial charge is 0.341 e. The van der Waals surface area contributed by atoms with Crippen molar-refractivity contribution in [1.29, 1.82) is 0 Å². The van der Waals surface area contributed by atoms with Gasteiger partial charge in [-0.2, -0.15) is 0 Å². The summed E-state index contributed by atoms with van der Waals surface area (Å²) in [4.78, 5) is 37.7. The molecule has 1 amide bonds. The van der Waals surface area contributed by atoms with Crippen LogP contribution in [-0.2, 0) is 24.2 Å². The summed E-state index contributed by atoms with van der Waals surface area (Å²) in [6.45, 7) is 2.37. The molecule has 1 aliphatic carbocycles. The van der Waals surface area contributed by atoms with Crippen molar-refractivity contribution in [2.75, 3.05) is 32.5 Å². The molecule has 8 nitrogen and oxygen atoms in total. The first kappa shape index (κ1) is 20.7. The molecule has 0 saturated carbocycles. The first-order valence-corrected chi connectivity index (χ1v) is 12.3. The van der Waals surface area contributed by atoms with Gasteiger partial charge in [-0.25, -0.2) is 9.97 Å². The standard InChI is InChI=1S/C24H27N7OS/c1-30(2)17-5-6-31(12-17)24(32)14-3-4-18-20(8-14)33-23-21(18)22(27-13-28-23)29-16-7-15-9-25-11-19(15)26-10-16/h7,9-10,13-14,17H,3-6,8,11-12H2,1-2H3,(H,27,28,29)/t14-,17+/m0/s1. The highest BCUT2D eigenvalue weighted by molar-refractivity contribution is 7.19. The predicted molar refractivity (Wildman–Crippen MR) is 130 cm³/mol. The number of likely N-dealkylation sites (N-methyl/N-ethyl adjacent to an activating group) is 1. The molecule has 33 heavy (non-hydrogen) atoms. The number of nitrogens with one attached hydrogen (secondary N) is 1. The van der Waals surface area contributed by atoms with Gasteiger partial charge in [-0.1, -0.05) is 0 Å². The Balaban J connectivity index is 1.25. The lowest BCUT2D eigenvalue weighted by molar-refractivity contribution is -0.134. The second-order valence-electron chi connectivity index (χ2n) is 9.39. The molecule has 0 radical (unpaired) electrons. The SMILES string of the molecule is CN(C)[C@@H]1CCN(C(=O)[C@H]2CCc3c(sc4ncnc(Nc5cnc6c(c5)C=NC6)c34)C2)C1. The molecule has 3 aliphatic rings. The summed E-state index contributed by atoms with van der Waals surface area (Å²) in [5.41, 5.74) is 4.25. The number of amides is 1. The van der Waals surface area contributed by atoms with Crippen molar-refractivity contribution < 1.29 is 4.79 Å². The van der Waals surface area contributed by atoms with Crippen molar-refractivity contribution >= 4 is 45.2 Å². The average molecular weight is 462 g/mol. The molecule has 5 heterocycles. The van der Waals surface area contributed by atoms with E-state index in [1.165, 1.54) is 10.4 Å². The van der Waals surface area contributed by atoms with Crippen LogP contribution in [0.5, 0.6) is 0 Å². The maximum absolute atomic E-state index is 13.2. The van der Waals surface area contributed by atoms with Crippen LogP contribution in [0.2, 0.25) is 0 Å². The lowest BCUT2D eigenvalue weighted by Crippen LogP contribution is -2.39. The number of carbonyl (C=O) groups is 1. The van der Waals surface area contributed by atoms with Gasteiger partial charge in [-0.15, -0.1) is 11.3 Å². The third-order valence-corrected chi connectivity index (χ3v) is 8.30. The van der Waals surface area contributed by atoms with Crippen LogP contribution in [0.3, 0.4) is 0 Å². The quantitative estimate of drug-likeness (QED) is 0.643. The number of hydrogen-bond donors (Lipinski definition) is 1. The van der Waals surface area contributed by atoms with Crippen LogP contribution in [0, 0.1) is 5.92 Å². The highest BCUT2D eigenvalue weighted by Gasteiger charge is 2.35. The number of fused-ring (bicyclic) bond motifs is 4. The predicted octanol–water partition coefficient (Wildman–Crippen LogP) is 3.03. The van der Waals surface area contributed by atoms with E-state index in [9.17, 15) is 4.79 Å². The molecule has 1 N–H and O–H groups in total. The lowest BCUT2D eigenvalue weighted by Gasteiger charge is -2.27. The topological polar surface area (TPSA) is 86.6 Å².